The molecule has 3 aromatic carbocycles. The van der Waals surface area contributed by atoms with Crippen molar-refractivity contribution in [1.82, 2.24) is 4.57 Å². The van der Waals surface area contributed by atoms with Crippen molar-refractivity contribution in [2.45, 2.75) is 32.9 Å². The molecule has 4 aromatic rings. The molecule has 0 spiro atoms. The molecule has 0 radical (unpaired) electrons. The molecule has 39 heavy (non-hydrogen) atoms. The van der Waals surface area contributed by atoms with Crippen LogP contribution in [0.1, 0.15) is 34.1 Å². The molecule has 0 unspecified atom stereocenters. The fraction of sp³-hybridized carbons (Fsp3) is 0.214. The number of alkyl halides is 3. The number of nitrogens with zero attached hydrogens (tertiary/aromatic N) is 1. The van der Waals surface area contributed by atoms with Crippen LogP contribution in [0.4, 0.5) is 13.2 Å². The Morgan fingerprint density at radius 1 is 1.00 bits per heavy atom. The van der Waals surface area contributed by atoms with Crippen LogP contribution in [0.15, 0.2) is 60.7 Å². The van der Waals surface area contributed by atoms with Gasteiger partial charge in [0.25, 0.3) is 0 Å². The molecule has 0 bridgehead atoms. The zero-order chi connectivity index (χ0) is 28.5. The van der Waals surface area contributed by atoms with E-state index in [2.05, 4.69) is 4.74 Å². The molecule has 1 atom stereocenters. The first-order valence-corrected chi connectivity index (χ1v) is 12.0. The number of rotatable bonds is 9. The molecule has 7 nitrogen and oxygen atoms in total. The average Bonchev–Trinajstić information content (AvgIpc) is 3.15. The molecule has 11 heteroatoms. The largest absolute Gasteiger partial charge is 0.573 e. The van der Waals surface area contributed by atoms with E-state index in [1.165, 1.54) is 38.3 Å². The predicted octanol–water partition coefficient (Wildman–Crippen LogP) is 6.64. The Bertz CT molecular complexity index is 1550. The van der Waals surface area contributed by atoms with E-state index in [1.54, 1.807) is 41.8 Å². The monoisotopic (exact) mass is 561 g/mol. The van der Waals surface area contributed by atoms with Crippen LogP contribution in [0, 0.1) is 6.92 Å². The zero-order valence-electron chi connectivity index (χ0n) is 21.0. The van der Waals surface area contributed by atoms with Crippen LogP contribution >= 0.6 is 11.6 Å². The number of benzene rings is 3. The number of carboxylic acids is 1. The summed E-state index contributed by atoms with van der Waals surface area (Å²) in [7, 11) is 1.50. The number of carbonyl (C=O) groups is 2. The summed E-state index contributed by atoms with van der Waals surface area (Å²) in [5.74, 6) is -1.13. The van der Waals surface area contributed by atoms with Crippen LogP contribution in [0.25, 0.3) is 10.9 Å². The lowest BCUT2D eigenvalue weighted by Crippen LogP contribution is -2.22. The summed E-state index contributed by atoms with van der Waals surface area (Å²) >= 11 is 6.42. The highest BCUT2D eigenvalue weighted by molar-refractivity contribution is 6.31. The van der Waals surface area contributed by atoms with Gasteiger partial charge in [0.1, 0.15) is 17.2 Å². The third-order valence-electron chi connectivity index (χ3n) is 6.12. The molecular formula is C28H23ClF3NO6. The Balaban J connectivity index is 1.84. The number of carbonyl (C=O) groups excluding carboxylic acids is 1. The molecule has 1 aromatic heterocycles. The van der Waals surface area contributed by atoms with Crippen molar-refractivity contribution in [1.29, 1.82) is 0 Å². The normalized spacial score (nSPS) is 12.3. The molecule has 1 N–H and O–H groups in total. The van der Waals surface area contributed by atoms with Gasteiger partial charge in [0.15, 0.2) is 11.9 Å². The number of carboxylic acid groups (broad SMARTS) is 1. The summed E-state index contributed by atoms with van der Waals surface area (Å²) in [6, 6.07) is 14.9. The minimum atomic E-state index is -4.91. The minimum absolute atomic E-state index is 0.0468. The third-order valence-corrected chi connectivity index (χ3v) is 6.48. The second-order valence-electron chi connectivity index (χ2n) is 8.68. The van der Waals surface area contributed by atoms with Crippen LogP contribution in [-0.2, 0) is 11.3 Å². The lowest BCUT2D eigenvalue weighted by Gasteiger charge is -2.15. The Hall–Kier alpha value is -4.18. The van der Waals surface area contributed by atoms with E-state index in [-0.39, 0.29) is 18.1 Å². The highest BCUT2D eigenvalue weighted by atomic mass is 35.5. The van der Waals surface area contributed by atoms with Gasteiger partial charge in [0.2, 0.25) is 0 Å². The van der Waals surface area contributed by atoms with Crippen molar-refractivity contribution < 1.29 is 42.1 Å². The van der Waals surface area contributed by atoms with Crippen molar-refractivity contribution >= 4 is 34.3 Å². The molecular weight excluding hydrogens is 539 g/mol. The Morgan fingerprint density at radius 3 is 2.26 bits per heavy atom. The molecule has 0 saturated heterocycles. The summed E-state index contributed by atoms with van der Waals surface area (Å²) in [4.78, 5) is 24.8. The van der Waals surface area contributed by atoms with E-state index in [9.17, 15) is 22.8 Å². The number of halogens is 4. The highest BCUT2D eigenvalue weighted by Gasteiger charge is 2.32. The van der Waals surface area contributed by atoms with Crippen molar-refractivity contribution in [2.75, 3.05) is 7.11 Å². The smallest absolute Gasteiger partial charge is 0.497 e. The Kier molecular flexibility index (Phi) is 7.78. The second kappa shape index (κ2) is 10.9. The summed E-state index contributed by atoms with van der Waals surface area (Å²) in [6.45, 7) is 3.10. The van der Waals surface area contributed by atoms with Gasteiger partial charge >= 0.3 is 12.3 Å². The first kappa shape index (κ1) is 27.8. The van der Waals surface area contributed by atoms with Crippen LogP contribution < -0.4 is 14.2 Å². The predicted molar refractivity (Wildman–Crippen MR) is 138 cm³/mol. The van der Waals surface area contributed by atoms with Crippen molar-refractivity contribution in [3.63, 3.8) is 0 Å². The number of methoxy groups -OCH3 is 1. The van der Waals surface area contributed by atoms with E-state index < -0.39 is 24.2 Å². The maximum absolute atomic E-state index is 13.6. The van der Waals surface area contributed by atoms with Crippen LogP contribution in [0.3, 0.4) is 0 Å². The van der Waals surface area contributed by atoms with Gasteiger partial charge in [-0.05, 0) is 74.0 Å². The first-order chi connectivity index (χ1) is 18.4. The van der Waals surface area contributed by atoms with E-state index in [0.29, 0.717) is 44.1 Å². The second-order valence-corrected chi connectivity index (χ2v) is 9.09. The van der Waals surface area contributed by atoms with Crippen molar-refractivity contribution in [2.24, 2.45) is 0 Å². The maximum Gasteiger partial charge on any atom is 0.573 e. The number of ketones is 1. The summed E-state index contributed by atoms with van der Waals surface area (Å²) in [6.07, 6.45) is -6.03. The molecule has 0 aliphatic rings. The number of ether oxygens (including phenoxy) is 3. The fourth-order valence-corrected chi connectivity index (χ4v) is 4.38. The molecule has 4 rings (SSSR count). The van der Waals surface area contributed by atoms with E-state index in [1.807, 2.05) is 0 Å². The van der Waals surface area contributed by atoms with Gasteiger partial charge in [-0.25, -0.2) is 4.79 Å². The average molecular weight is 562 g/mol. The van der Waals surface area contributed by atoms with Crippen molar-refractivity contribution in [3.05, 3.63) is 88.1 Å². The molecule has 1 heterocycles. The molecule has 0 aliphatic heterocycles. The Morgan fingerprint density at radius 2 is 1.64 bits per heavy atom. The van der Waals surface area contributed by atoms with Gasteiger partial charge in [-0.1, -0.05) is 11.6 Å². The SMILES string of the molecule is COc1ccc(C(=O)c2c(C)n(Cc3cc(O[C@@H](C)C(=O)O)ccc3Cl)c3cc(OC(F)(F)F)ccc23)cc1. The van der Waals surface area contributed by atoms with Crippen LogP contribution in [0.2, 0.25) is 5.02 Å². The number of aliphatic carboxylic acids is 1. The van der Waals surface area contributed by atoms with Gasteiger partial charge in [-0.2, -0.15) is 0 Å². The summed E-state index contributed by atoms with van der Waals surface area (Å²) in [5, 5.41) is 9.89. The lowest BCUT2D eigenvalue weighted by atomic mass is 10.0. The van der Waals surface area contributed by atoms with E-state index >= 15 is 0 Å². The maximum atomic E-state index is 13.6. The van der Waals surface area contributed by atoms with Gasteiger partial charge in [-0.15, -0.1) is 13.2 Å². The van der Waals surface area contributed by atoms with E-state index in [0.717, 1.165) is 6.07 Å². The van der Waals surface area contributed by atoms with Gasteiger partial charge in [0, 0.05) is 34.3 Å². The minimum Gasteiger partial charge on any atom is -0.497 e. The van der Waals surface area contributed by atoms with E-state index in [4.69, 9.17) is 26.2 Å². The Labute approximate surface area is 226 Å². The number of fused-ring (bicyclic) bond motifs is 1. The zero-order valence-corrected chi connectivity index (χ0v) is 21.8. The topological polar surface area (TPSA) is 87.0 Å². The summed E-state index contributed by atoms with van der Waals surface area (Å²) in [5.41, 5.74) is 1.96. The number of aromatic nitrogens is 1. The van der Waals surface area contributed by atoms with Crippen molar-refractivity contribution in [3.8, 4) is 17.2 Å². The van der Waals surface area contributed by atoms with Crippen LogP contribution in [0.5, 0.6) is 17.2 Å². The molecule has 204 valence electrons. The first-order valence-electron chi connectivity index (χ1n) is 11.6. The number of hydrogen-bond acceptors (Lipinski definition) is 5. The fourth-order valence-electron chi connectivity index (χ4n) is 4.20. The van der Waals surface area contributed by atoms with Crippen LogP contribution in [-0.4, -0.2) is 41.0 Å². The standard InChI is InChI=1S/C28H23ClF3NO6/c1-15-25(26(34)17-4-6-19(37-3)7-5-17)22-10-8-21(39-28(30,31)32)13-24(22)33(15)14-18-12-20(9-11-23(18)29)38-16(2)27(35)36/h4-13,16H,14H2,1-3H3,(H,35,36)/t16-/m0/s1. The molecule has 0 aliphatic carbocycles. The molecule has 0 amide bonds. The van der Waals surface area contributed by atoms with Gasteiger partial charge in [-0.3, -0.25) is 4.79 Å². The quantitative estimate of drug-likeness (QED) is 0.230. The molecule has 0 saturated carbocycles. The highest BCUT2D eigenvalue weighted by Crippen LogP contribution is 2.35. The van der Waals surface area contributed by atoms with Gasteiger partial charge < -0.3 is 23.9 Å². The lowest BCUT2D eigenvalue weighted by molar-refractivity contribution is -0.274. The van der Waals surface area contributed by atoms with Gasteiger partial charge in [0.05, 0.1) is 18.2 Å². The number of hydrogen-bond donors (Lipinski definition) is 1. The third kappa shape index (κ3) is 6.12. The summed E-state index contributed by atoms with van der Waals surface area (Å²) < 4.78 is 55.3. The molecule has 0 fully saturated rings.